The Bertz CT molecular complexity index is 5680. The highest BCUT2D eigenvalue weighted by molar-refractivity contribution is 6.21. The van der Waals surface area contributed by atoms with Gasteiger partial charge in [0.25, 0.3) is 0 Å². The molecule has 0 bridgehead atoms. The van der Waals surface area contributed by atoms with E-state index >= 15 is 0 Å². The van der Waals surface area contributed by atoms with Crippen LogP contribution in [0.4, 0.5) is 17.3 Å². The molecule has 15 aromatic rings. The summed E-state index contributed by atoms with van der Waals surface area (Å²) >= 11 is 0. The smallest absolute Gasteiger partial charge is 0.234 e. The molecule has 0 saturated carbocycles. The minimum Gasteiger partial charge on any atom is -0.456 e. The molecule has 416 valence electrons. The van der Waals surface area contributed by atoms with Gasteiger partial charge < -0.3 is 8.83 Å². The SMILES string of the molecule is CC1(C)c2cc(N(c3ccc4c(c3)C3(c5ccccc5-c5ccccc53)c3cc5c(cc3-4)C3(c4ccccc4-c4ccccc43)c3ccc4oc6ccccc6c4c3-5)c3ncccn3)ccc2-c2c1c1c(c3c2oc2ccccc23)-c2ccccc2C1(C)C. The van der Waals surface area contributed by atoms with Crippen molar-refractivity contribution in [2.45, 2.75) is 49.4 Å². The number of anilines is 3. The van der Waals surface area contributed by atoms with Gasteiger partial charge in [-0.05, 0) is 189 Å². The van der Waals surface area contributed by atoms with Gasteiger partial charge in [0.15, 0.2) is 0 Å². The molecule has 12 aromatic carbocycles. The number of hydrogen-bond donors (Lipinski definition) is 0. The molecule has 5 heteroatoms. The molecule has 5 nitrogen and oxygen atoms in total. The van der Waals surface area contributed by atoms with Gasteiger partial charge >= 0.3 is 0 Å². The zero-order valence-electron chi connectivity index (χ0n) is 49.3. The molecule has 3 aromatic heterocycles. The molecule has 21 rings (SSSR count). The lowest BCUT2D eigenvalue weighted by atomic mass is 9.68. The maximum absolute atomic E-state index is 7.13. The summed E-state index contributed by atoms with van der Waals surface area (Å²) in [5.41, 5.74) is 34.3. The number of hydrogen-bond acceptors (Lipinski definition) is 5. The monoisotopic (exact) mass is 1140 g/mol. The van der Waals surface area contributed by atoms with E-state index in [9.17, 15) is 0 Å². The Balaban J connectivity index is 0.829. The second-order valence-corrected chi connectivity index (χ2v) is 26.5. The Hall–Kier alpha value is -10.9. The minimum atomic E-state index is -0.704. The molecule has 0 radical (unpaired) electrons. The molecule has 3 heterocycles. The van der Waals surface area contributed by atoms with E-state index in [-0.39, 0.29) is 5.41 Å². The first-order chi connectivity index (χ1) is 43.7. The van der Waals surface area contributed by atoms with Gasteiger partial charge in [0.2, 0.25) is 5.95 Å². The Morgan fingerprint density at radius 3 is 1.39 bits per heavy atom. The molecule has 2 spiro atoms. The Morgan fingerprint density at radius 2 is 0.753 bits per heavy atom. The van der Waals surface area contributed by atoms with Crippen molar-refractivity contribution >= 4 is 61.2 Å². The molecular formula is C84H53N3O2. The number of nitrogens with zero attached hydrogens (tertiary/aromatic N) is 3. The zero-order valence-corrected chi connectivity index (χ0v) is 49.3. The lowest BCUT2D eigenvalue weighted by Crippen LogP contribution is -2.27. The maximum Gasteiger partial charge on any atom is 0.234 e. The predicted molar refractivity (Wildman–Crippen MR) is 359 cm³/mol. The average Bonchev–Trinajstić information content (AvgIpc) is 1.51. The fourth-order valence-electron chi connectivity index (χ4n) is 18.6. The van der Waals surface area contributed by atoms with Crippen LogP contribution in [-0.2, 0) is 21.7 Å². The van der Waals surface area contributed by atoms with Crippen LogP contribution < -0.4 is 4.90 Å². The van der Waals surface area contributed by atoms with Crippen molar-refractivity contribution in [3.63, 3.8) is 0 Å². The summed E-state index contributed by atoms with van der Waals surface area (Å²) in [4.78, 5) is 12.5. The molecule has 0 unspecified atom stereocenters. The standard InChI is InChI=1S/C84H53N3O2/c1-81(2)59-27-12-9-24-53(59)74-75-56-26-11-18-33-70(56)89-79(75)76-54-37-35-46(42-65(54)82(3,4)78(76)77(74)81)87(80-85-40-19-41-86-80)47-34-36-52-57-44-68-58(45-67(57)84(66(52)43-47)62-30-15-7-22-50(62)51-23-8-16-31-63(51)84)72-64(38-39-71-73(72)55-25-10-17-32-69(55)88-71)83(68)60-28-13-5-20-48(60)49-21-6-14-29-61(49)83/h5-45H,1-4H3. The summed E-state index contributed by atoms with van der Waals surface area (Å²) in [6, 6.07) is 88.9. The quantitative estimate of drug-likeness (QED) is 0.176. The van der Waals surface area contributed by atoms with Gasteiger partial charge in [-0.3, -0.25) is 4.90 Å². The summed E-state index contributed by atoms with van der Waals surface area (Å²) in [6.07, 6.45) is 3.74. The van der Waals surface area contributed by atoms with Gasteiger partial charge in [0, 0.05) is 61.7 Å². The Kier molecular flexibility index (Phi) is 8.78. The molecule has 6 aliphatic carbocycles. The van der Waals surface area contributed by atoms with Crippen LogP contribution in [0.1, 0.15) is 94.5 Å². The van der Waals surface area contributed by atoms with E-state index in [1.807, 2.05) is 18.5 Å². The zero-order chi connectivity index (χ0) is 58.6. The van der Waals surface area contributed by atoms with Crippen LogP contribution in [0, 0.1) is 0 Å². The summed E-state index contributed by atoms with van der Waals surface area (Å²) in [5, 5.41) is 4.65. The summed E-state index contributed by atoms with van der Waals surface area (Å²) in [7, 11) is 0. The van der Waals surface area contributed by atoms with E-state index in [0.29, 0.717) is 5.95 Å². The van der Waals surface area contributed by atoms with Crippen molar-refractivity contribution in [3.8, 4) is 66.8 Å². The van der Waals surface area contributed by atoms with Gasteiger partial charge in [0.05, 0.1) is 10.8 Å². The van der Waals surface area contributed by atoms with E-state index in [2.05, 4.69) is 263 Å². The highest BCUT2D eigenvalue weighted by atomic mass is 16.3. The maximum atomic E-state index is 7.13. The van der Waals surface area contributed by atoms with E-state index in [1.165, 1.54) is 139 Å². The predicted octanol–water partition coefficient (Wildman–Crippen LogP) is 21.0. The van der Waals surface area contributed by atoms with Crippen molar-refractivity contribution in [3.05, 3.63) is 316 Å². The fourth-order valence-corrected chi connectivity index (χ4v) is 18.6. The highest BCUT2D eigenvalue weighted by Crippen LogP contribution is 2.70. The third-order valence-corrected chi connectivity index (χ3v) is 21.9. The molecule has 0 saturated heterocycles. The van der Waals surface area contributed by atoms with Crippen molar-refractivity contribution in [1.29, 1.82) is 0 Å². The first-order valence-corrected chi connectivity index (χ1v) is 31.2. The van der Waals surface area contributed by atoms with Crippen LogP contribution in [0.15, 0.2) is 258 Å². The van der Waals surface area contributed by atoms with Crippen LogP contribution in [0.2, 0.25) is 0 Å². The average molecular weight is 1140 g/mol. The molecule has 89 heavy (non-hydrogen) atoms. The van der Waals surface area contributed by atoms with Crippen LogP contribution in [0.5, 0.6) is 0 Å². The highest BCUT2D eigenvalue weighted by Gasteiger charge is 2.57. The van der Waals surface area contributed by atoms with Crippen LogP contribution in [0.25, 0.3) is 111 Å². The number of rotatable bonds is 3. The number of benzene rings is 12. The number of fused-ring (bicyclic) bond motifs is 36. The van der Waals surface area contributed by atoms with E-state index in [1.54, 1.807) is 0 Å². The van der Waals surface area contributed by atoms with Crippen molar-refractivity contribution in [2.24, 2.45) is 0 Å². The van der Waals surface area contributed by atoms with Crippen molar-refractivity contribution in [1.82, 2.24) is 9.97 Å². The van der Waals surface area contributed by atoms with Crippen LogP contribution in [-0.4, -0.2) is 9.97 Å². The van der Waals surface area contributed by atoms with Crippen LogP contribution in [0.3, 0.4) is 0 Å². The van der Waals surface area contributed by atoms with E-state index in [0.717, 1.165) is 49.9 Å². The molecule has 0 atom stereocenters. The van der Waals surface area contributed by atoms with Gasteiger partial charge in [-0.25, -0.2) is 9.97 Å². The van der Waals surface area contributed by atoms with E-state index in [4.69, 9.17) is 18.8 Å². The lowest BCUT2D eigenvalue weighted by molar-refractivity contribution is 0.600. The molecule has 0 fully saturated rings. The van der Waals surface area contributed by atoms with Crippen molar-refractivity contribution in [2.75, 3.05) is 4.90 Å². The Labute approximate surface area is 513 Å². The third kappa shape index (κ3) is 5.51. The second kappa shape index (κ2) is 16.2. The van der Waals surface area contributed by atoms with Gasteiger partial charge in [-0.1, -0.05) is 204 Å². The first kappa shape index (κ1) is 48.3. The molecule has 6 aliphatic rings. The number of furan rings is 2. The number of aromatic nitrogens is 2. The summed E-state index contributed by atoms with van der Waals surface area (Å²) < 4.78 is 14.0. The van der Waals surface area contributed by atoms with Gasteiger partial charge in [-0.2, -0.15) is 0 Å². The lowest BCUT2D eigenvalue weighted by Gasteiger charge is -2.33. The fraction of sp³-hybridized carbons (Fsp3) is 0.0952. The normalized spacial score (nSPS) is 15.8. The molecular weight excluding hydrogens is 1080 g/mol. The second-order valence-electron chi connectivity index (χ2n) is 26.5. The summed E-state index contributed by atoms with van der Waals surface area (Å²) in [5.74, 6) is 0.599. The van der Waals surface area contributed by atoms with E-state index < -0.39 is 16.2 Å². The summed E-state index contributed by atoms with van der Waals surface area (Å²) in [6.45, 7) is 9.68. The Morgan fingerprint density at radius 1 is 0.303 bits per heavy atom. The largest absolute Gasteiger partial charge is 0.456 e. The molecule has 0 N–H and O–H groups in total. The third-order valence-electron chi connectivity index (χ3n) is 21.9. The van der Waals surface area contributed by atoms with Crippen LogP contribution >= 0.6 is 0 Å². The number of para-hydroxylation sites is 2. The van der Waals surface area contributed by atoms with Gasteiger partial charge in [0.1, 0.15) is 22.3 Å². The topological polar surface area (TPSA) is 55.3 Å². The first-order valence-electron chi connectivity index (χ1n) is 31.2. The van der Waals surface area contributed by atoms with Gasteiger partial charge in [-0.15, -0.1) is 0 Å². The molecule has 0 amide bonds. The minimum absolute atomic E-state index is 0.264. The van der Waals surface area contributed by atoms with Crippen molar-refractivity contribution < 1.29 is 8.83 Å². The molecule has 0 aliphatic heterocycles.